The van der Waals surface area contributed by atoms with Gasteiger partial charge >= 0.3 is 5.97 Å². The van der Waals surface area contributed by atoms with Gasteiger partial charge in [0, 0.05) is 23.3 Å². The number of carboxylic acid groups (broad SMARTS) is 1. The fourth-order valence-corrected chi connectivity index (χ4v) is 2.37. The summed E-state index contributed by atoms with van der Waals surface area (Å²) in [6.45, 7) is 2.35. The van der Waals surface area contributed by atoms with Crippen LogP contribution in [0.4, 0.5) is 0 Å². The number of rotatable bonds is 4. The number of thiazole rings is 1. The Kier molecular flexibility index (Phi) is 3.57. The van der Waals surface area contributed by atoms with Crippen molar-refractivity contribution in [3.63, 3.8) is 0 Å². The Morgan fingerprint density at radius 2 is 2.28 bits per heavy atom. The average Bonchev–Trinajstić information content (AvgIpc) is 2.79. The number of pyridine rings is 1. The highest BCUT2D eigenvalue weighted by Crippen LogP contribution is 2.14. The number of hydrogen-bond acceptors (Lipinski definition) is 4. The van der Waals surface area contributed by atoms with Crippen LogP contribution in [0.15, 0.2) is 29.3 Å². The molecule has 0 atom stereocenters. The predicted molar refractivity (Wildman–Crippen MR) is 68.3 cm³/mol. The summed E-state index contributed by atoms with van der Waals surface area (Å²) < 4.78 is 1.36. The van der Waals surface area contributed by atoms with E-state index >= 15 is 0 Å². The summed E-state index contributed by atoms with van der Waals surface area (Å²) in [7, 11) is 0. The molecule has 2 aromatic rings. The zero-order valence-corrected chi connectivity index (χ0v) is 10.6. The SMILES string of the molecule is CCc1cnc(Cn2cc(C(=O)O)ccc2=O)s1. The molecule has 2 rings (SSSR count). The smallest absolute Gasteiger partial charge is 0.337 e. The molecule has 18 heavy (non-hydrogen) atoms. The minimum absolute atomic E-state index is 0.0990. The molecule has 0 saturated carbocycles. The second kappa shape index (κ2) is 5.14. The average molecular weight is 264 g/mol. The van der Waals surface area contributed by atoms with Gasteiger partial charge in [-0.25, -0.2) is 9.78 Å². The highest BCUT2D eigenvalue weighted by molar-refractivity contribution is 7.11. The zero-order chi connectivity index (χ0) is 13.1. The first-order valence-corrected chi connectivity index (χ1v) is 6.29. The maximum absolute atomic E-state index is 11.6. The lowest BCUT2D eigenvalue weighted by Gasteiger charge is -2.03. The molecule has 94 valence electrons. The van der Waals surface area contributed by atoms with Crippen molar-refractivity contribution in [3.05, 3.63) is 50.3 Å². The molecule has 0 aliphatic heterocycles. The van der Waals surface area contributed by atoms with Gasteiger partial charge in [-0.05, 0) is 12.5 Å². The Morgan fingerprint density at radius 1 is 1.50 bits per heavy atom. The van der Waals surface area contributed by atoms with E-state index in [2.05, 4.69) is 4.98 Å². The standard InChI is InChI=1S/C12H12N2O3S/c1-2-9-5-13-10(18-9)7-14-6-8(12(16)17)3-4-11(14)15/h3-6H,2,7H2,1H3,(H,16,17). The van der Waals surface area contributed by atoms with Crippen molar-refractivity contribution in [2.45, 2.75) is 19.9 Å². The Hall–Kier alpha value is -1.95. The topological polar surface area (TPSA) is 72.2 Å². The molecule has 0 aliphatic rings. The Balaban J connectivity index is 2.30. The van der Waals surface area contributed by atoms with Crippen molar-refractivity contribution in [1.29, 1.82) is 0 Å². The minimum Gasteiger partial charge on any atom is -0.478 e. The van der Waals surface area contributed by atoms with Crippen molar-refractivity contribution in [1.82, 2.24) is 9.55 Å². The van der Waals surface area contributed by atoms with Crippen molar-refractivity contribution in [2.24, 2.45) is 0 Å². The van der Waals surface area contributed by atoms with Gasteiger partial charge in [-0.2, -0.15) is 0 Å². The highest BCUT2D eigenvalue weighted by Gasteiger charge is 2.07. The monoisotopic (exact) mass is 264 g/mol. The largest absolute Gasteiger partial charge is 0.478 e. The molecule has 0 fully saturated rings. The van der Waals surface area contributed by atoms with E-state index in [1.165, 1.54) is 34.2 Å². The Labute approximate surface area is 107 Å². The summed E-state index contributed by atoms with van der Waals surface area (Å²) in [4.78, 5) is 27.8. The van der Waals surface area contributed by atoms with Crippen molar-refractivity contribution >= 4 is 17.3 Å². The Morgan fingerprint density at radius 3 is 2.89 bits per heavy atom. The number of nitrogens with zero attached hydrogens (tertiary/aromatic N) is 2. The molecule has 2 aromatic heterocycles. The van der Waals surface area contributed by atoms with E-state index in [0.717, 1.165) is 16.3 Å². The first-order chi connectivity index (χ1) is 8.60. The molecule has 2 heterocycles. The van der Waals surface area contributed by atoms with Gasteiger partial charge in [-0.1, -0.05) is 6.92 Å². The second-order valence-corrected chi connectivity index (χ2v) is 4.96. The van der Waals surface area contributed by atoms with Gasteiger partial charge in [0.2, 0.25) is 0 Å². The van der Waals surface area contributed by atoms with Crippen LogP contribution in [-0.4, -0.2) is 20.6 Å². The molecular formula is C12H12N2O3S. The summed E-state index contributed by atoms with van der Waals surface area (Å²) in [6.07, 6.45) is 4.03. The summed E-state index contributed by atoms with van der Waals surface area (Å²) in [5.41, 5.74) is -0.130. The van der Waals surface area contributed by atoms with Crippen LogP contribution >= 0.6 is 11.3 Å². The van der Waals surface area contributed by atoms with E-state index in [-0.39, 0.29) is 11.1 Å². The lowest BCUT2D eigenvalue weighted by atomic mass is 10.3. The molecule has 0 spiro atoms. The fourth-order valence-electron chi connectivity index (χ4n) is 1.51. The number of hydrogen-bond donors (Lipinski definition) is 1. The number of carbonyl (C=O) groups is 1. The van der Waals surface area contributed by atoms with Crippen LogP contribution in [0.1, 0.15) is 27.2 Å². The molecule has 6 heteroatoms. The van der Waals surface area contributed by atoms with E-state index in [1.54, 1.807) is 6.20 Å². The molecule has 0 radical (unpaired) electrons. The third kappa shape index (κ3) is 2.65. The maximum Gasteiger partial charge on any atom is 0.337 e. The van der Waals surface area contributed by atoms with E-state index in [0.29, 0.717) is 6.54 Å². The molecule has 0 aliphatic carbocycles. The third-order valence-electron chi connectivity index (χ3n) is 2.49. The van der Waals surface area contributed by atoms with Crippen LogP contribution in [0.25, 0.3) is 0 Å². The van der Waals surface area contributed by atoms with Crippen LogP contribution < -0.4 is 5.56 Å². The van der Waals surface area contributed by atoms with Gasteiger partial charge in [0.15, 0.2) is 0 Å². The number of aryl methyl sites for hydroxylation is 1. The molecule has 1 N–H and O–H groups in total. The number of carboxylic acids is 1. The summed E-state index contributed by atoms with van der Waals surface area (Å²) in [5, 5.41) is 9.68. The van der Waals surface area contributed by atoms with E-state index in [9.17, 15) is 9.59 Å². The van der Waals surface area contributed by atoms with Gasteiger partial charge in [0.05, 0.1) is 12.1 Å². The van der Waals surface area contributed by atoms with Gasteiger partial charge in [-0.3, -0.25) is 4.79 Å². The van der Waals surface area contributed by atoms with Crippen LogP contribution in [0.5, 0.6) is 0 Å². The summed E-state index contributed by atoms with van der Waals surface area (Å²) >= 11 is 1.53. The van der Waals surface area contributed by atoms with Crippen molar-refractivity contribution < 1.29 is 9.90 Å². The summed E-state index contributed by atoms with van der Waals surface area (Å²) in [5.74, 6) is -1.04. The molecule has 0 unspecified atom stereocenters. The molecular weight excluding hydrogens is 252 g/mol. The van der Waals surface area contributed by atoms with Crippen molar-refractivity contribution in [2.75, 3.05) is 0 Å². The predicted octanol–water partition coefficient (Wildman–Crippen LogP) is 1.61. The third-order valence-corrected chi connectivity index (χ3v) is 3.61. The van der Waals surface area contributed by atoms with Crippen LogP contribution in [0.2, 0.25) is 0 Å². The first-order valence-electron chi connectivity index (χ1n) is 5.47. The van der Waals surface area contributed by atoms with Gasteiger partial charge < -0.3 is 9.67 Å². The van der Waals surface area contributed by atoms with Gasteiger partial charge in [0.1, 0.15) is 5.01 Å². The Bertz CT molecular complexity index is 630. The van der Waals surface area contributed by atoms with Crippen LogP contribution in [0, 0.1) is 0 Å². The van der Waals surface area contributed by atoms with E-state index in [4.69, 9.17) is 5.11 Å². The zero-order valence-electron chi connectivity index (χ0n) is 9.79. The summed E-state index contributed by atoms with van der Waals surface area (Å²) in [6, 6.07) is 2.57. The highest BCUT2D eigenvalue weighted by atomic mass is 32.1. The quantitative estimate of drug-likeness (QED) is 0.910. The number of aromatic carboxylic acids is 1. The van der Waals surface area contributed by atoms with E-state index in [1.807, 2.05) is 6.92 Å². The molecule has 0 saturated heterocycles. The minimum atomic E-state index is -1.04. The molecule has 5 nitrogen and oxygen atoms in total. The lowest BCUT2D eigenvalue weighted by Crippen LogP contribution is -2.20. The number of aromatic nitrogens is 2. The first kappa shape index (κ1) is 12.5. The fraction of sp³-hybridized carbons (Fsp3) is 0.250. The molecule has 0 amide bonds. The van der Waals surface area contributed by atoms with E-state index < -0.39 is 5.97 Å². The maximum atomic E-state index is 11.6. The van der Waals surface area contributed by atoms with Crippen molar-refractivity contribution in [3.8, 4) is 0 Å². The van der Waals surface area contributed by atoms with Gasteiger partial charge in [-0.15, -0.1) is 11.3 Å². The van der Waals surface area contributed by atoms with Gasteiger partial charge in [0.25, 0.3) is 5.56 Å². The molecule has 0 aromatic carbocycles. The molecule has 0 bridgehead atoms. The van der Waals surface area contributed by atoms with Crippen LogP contribution in [-0.2, 0) is 13.0 Å². The van der Waals surface area contributed by atoms with Crippen LogP contribution in [0.3, 0.4) is 0 Å². The lowest BCUT2D eigenvalue weighted by molar-refractivity contribution is 0.0696. The second-order valence-electron chi connectivity index (χ2n) is 3.76. The normalized spacial score (nSPS) is 10.5.